The maximum absolute atomic E-state index is 14.1. The molecule has 3 fully saturated rings. The number of aromatic nitrogens is 1. The van der Waals surface area contributed by atoms with Crippen LogP contribution in [0.5, 0.6) is 11.5 Å². The number of carbonyl (C=O) groups is 2. The third kappa shape index (κ3) is 10.2. The van der Waals surface area contributed by atoms with E-state index in [0.29, 0.717) is 23.3 Å². The van der Waals surface area contributed by atoms with Gasteiger partial charge in [0.1, 0.15) is 17.3 Å². The standard InChI is InChI=1S/C16H17F4NO2.C13H15NO2S.C10H22O/c1-9-5-10(23-2)6-11(17)12(9)13(22)21-15-4-3-14(7-15,8-15)16(18,19)20;1-4-5-10(15)12-11(16-3)7-6-9-13(12)17-8(2)14-9;1-5-6-9(2)7-10(3)8-11-4/h5-6H,3-4,7-8H2,1-2H3,(H,21,22);6-7H,4-5H2,1-3H3;9-10H,5-8H2,1-4H3. The Morgan fingerprint density at radius 1 is 0.980 bits per heavy atom. The molecule has 7 nitrogen and oxygen atoms in total. The summed E-state index contributed by atoms with van der Waals surface area (Å²) in [5.74, 6) is 1.26. The number of hydrogen-bond donors (Lipinski definition) is 1. The van der Waals surface area contributed by atoms with Gasteiger partial charge in [0.2, 0.25) is 0 Å². The number of alkyl halides is 3. The molecule has 12 heteroatoms. The average Bonchev–Trinajstić information content (AvgIpc) is 3.72. The number of rotatable bonds is 13. The number of hydrogen-bond acceptors (Lipinski definition) is 7. The summed E-state index contributed by atoms with van der Waals surface area (Å²) in [6.07, 6.45) is 1.16. The Kier molecular flexibility index (Phi) is 14.9. The monoisotopic (exact) mass is 738 g/mol. The Balaban J connectivity index is 0.000000222. The quantitative estimate of drug-likeness (QED) is 0.139. The molecule has 2 unspecified atom stereocenters. The first kappa shape index (κ1) is 42.2. The van der Waals surface area contributed by atoms with Crippen LogP contribution in [-0.2, 0) is 4.74 Å². The van der Waals surface area contributed by atoms with Crippen LogP contribution < -0.4 is 14.8 Å². The summed E-state index contributed by atoms with van der Waals surface area (Å²) >= 11 is 1.55. The lowest BCUT2D eigenvalue weighted by Crippen LogP contribution is -2.59. The maximum Gasteiger partial charge on any atom is 0.394 e. The van der Waals surface area contributed by atoms with E-state index in [1.807, 2.05) is 26.0 Å². The van der Waals surface area contributed by atoms with Gasteiger partial charge in [-0.15, -0.1) is 11.3 Å². The lowest BCUT2D eigenvalue weighted by atomic mass is 9.64. The van der Waals surface area contributed by atoms with E-state index in [1.165, 1.54) is 32.4 Å². The molecule has 3 saturated carbocycles. The molecule has 2 aromatic carbocycles. The molecule has 0 spiro atoms. The molecule has 6 rings (SSSR count). The smallest absolute Gasteiger partial charge is 0.394 e. The topological polar surface area (TPSA) is 86.8 Å². The number of carbonyl (C=O) groups excluding carboxylic acids is 2. The van der Waals surface area contributed by atoms with E-state index < -0.39 is 28.9 Å². The third-order valence-electron chi connectivity index (χ3n) is 9.78. The van der Waals surface area contributed by atoms with E-state index in [9.17, 15) is 27.2 Å². The van der Waals surface area contributed by atoms with Gasteiger partial charge in [0.15, 0.2) is 5.78 Å². The molecule has 1 N–H and O–H groups in total. The summed E-state index contributed by atoms with van der Waals surface area (Å²) < 4.78 is 69.5. The third-order valence-corrected chi connectivity index (χ3v) is 10.8. The minimum absolute atomic E-state index is 0.0147. The molecule has 0 radical (unpaired) electrons. The van der Waals surface area contributed by atoms with Crippen molar-refractivity contribution in [1.82, 2.24) is 10.3 Å². The van der Waals surface area contributed by atoms with Gasteiger partial charge in [-0.2, -0.15) is 13.2 Å². The molecular weight excluding hydrogens is 684 g/mol. The highest BCUT2D eigenvalue weighted by molar-refractivity contribution is 7.19. The molecular formula is C39H54F4N2O5S. The van der Waals surface area contributed by atoms with Crippen molar-refractivity contribution < 1.29 is 41.4 Å². The SMILES string of the molecule is CCCC(=O)c1c(OC)ccc2nc(C)sc12.CCCC(C)CC(C)COC.COc1cc(C)c(C(=O)NC23CCC(C(F)(F)F)(C2)C3)c(F)c1. The number of methoxy groups -OCH3 is 3. The van der Waals surface area contributed by atoms with Gasteiger partial charge in [-0.05, 0) is 88.0 Å². The summed E-state index contributed by atoms with van der Waals surface area (Å²) in [7, 11) is 4.76. The highest BCUT2D eigenvalue weighted by Gasteiger charge is 2.72. The molecule has 2 atom stereocenters. The van der Waals surface area contributed by atoms with E-state index in [1.54, 1.807) is 32.5 Å². The van der Waals surface area contributed by atoms with Gasteiger partial charge < -0.3 is 19.5 Å². The minimum Gasteiger partial charge on any atom is -0.497 e. The molecule has 51 heavy (non-hydrogen) atoms. The summed E-state index contributed by atoms with van der Waals surface area (Å²) in [4.78, 5) is 28.9. The Labute approximate surface area is 303 Å². The number of ketones is 1. The van der Waals surface area contributed by atoms with Crippen LogP contribution in [0.3, 0.4) is 0 Å². The average molecular weight is 739 g/mol. The van der Waals surface area contributed by atoms with Crippen molar-refractivity contribution in [1.29, 1.82) is 0 Å². The summed E-state index contributed by atoms with van der Waals surface area (Å²) in [6.45, 7) is 13.3. The number of Topliss-reactive ketones (excluding diaryl/α,β-unsaturated/α-hetero) is 1. The van der Waals surface area contributed by atoms with Crippen molar-refractivity contribution in [2.45, 2.75) is 111 Å². The fourth-order valence-corrected chi connectivity index (χ4v) is 8.49. The highest BCUT2D eigenvalue weighted by Crippen LogP contribution is 2.68. The van der Waals surface area contributed by atoms with Crippen molar-refractivity contribution in [3.8, 4) is 11.5 Å². The number of amides is 1. The first-order valence-corrected chi connectivity index (χ1v) is 18.5. The summed E-state index contributed by atoms with van der Waals surface area (Å²) in [5, 5.41) is 3.60. The van der Waals surface area contributed by atoms with E-state index in [4.69, 9.17) is 14.2 Å². The van der Waals surface area contributed by atoms with Gasteiger partial charge in [0, 0.05) is 31.7 Å². The molecule has 3 aliphatic carbocycles. The van der Waals surface area contributed by atoms with Gasteiger partial charge in [-0.1, -0.05) is 40.5 Å². The summed E-state index contributed by atoms with van der Waals surface area (Å²) in [5.41, 5.74) is -0.712. The van der Waals surface area contributed by atoms with E-state index in [2.05, 4.69) is 31.1 Å². The normalized spacial score (nSPS) is 20.3. The molecule has 3 aromatic rings. The molecule has 3 aliphatic rings. The minimum atomic E-state index is -4.25. The predicted octanol–water partition coefficient (Wildman–Crippen LogP) is 10.4. The van der Waals surface area contributed by atoms with Crippen LogP contribution in [0.2, 0.25) is 0 Å². The second-order valence-corrected chi connectivity index (χ2v) is 15.5. The van der Waals surface area contributed by atoms with Gasteiger partial charge in [0.05, 0.1) is 46.0 Å². The van der Waals surface area contributed by atoms with Crippen LogP contribution in [-0.4, -0.2) is 56.3 Å². The number of thiazole rings is 1. The van der Waals surface area contributed by atoms with Crippen LogP contribution in [0.25, 0.3) is 10.2 Å². The van der Waals surface area contributed by atoms with Crippen LogP contribution in [0, 0.1) is 36.9 Å². The molecule has 284 valence electrons. The Morgan fingerprint density at radius 3 is 2.20 bits per heavy atom. The number of halogens is 4. The second-order valence-electron chi connectivity index (χ2n) is 14.3. The van der Waals surface area contributed by atoms with Crippen LogP contribution in [0.15, 0.2) is 24.3 Å². The van der Waals surface area contributed by atoms with Gasteiger partial charge in [0.25, 0.3) is 5.91 Å². The van der Waals surface area contributed by atoms with Crippen LogP contribution >= 0.6 is 11.3 Å². The van der Waals surface area contributed by atoms with Crippen molar-refractivity contribution in [2.24, 2.45) is 17.3 Å². The fourth-order valence-electron chi connectivity index (χ4n) is 7.51. The first-order chi connectivity index (χ1) is 24.0. The van der Waals surface area contributed by atoms with Crippen molar-refractivity contribution >= 4 is 33.2 Å². The number of fused-ring (bicyclic) bond motifs is 2. The largest absolute Gasteiger partial charge is 0.497 e. The first-order valence-electron chi connectivity index (χ1n) is 17.7. The van der Waals surface area contributed by atoms with Crippen molar-refractivity contribution in [3.05, 3.63) is 51.8 Å². The number of benzene rings is 2. The Hall–Kier alpha value is -3.25. The lowest BCUT2D eigenvalue weighted by molar-refractivity contribution is -0.248. The van der Waals surface area contributed by atoms with E-state index >= 15 is 0 Å². The van der Waals surface area contributed by atoms with Gasteiger partial charge in [-0.3, -0.25) is 9.59 Å². The zero-order valence-electron chi connectivity index (χ0n) is 31.4. The Bertz CT molecular complexity index is 1600. The second kappa shape index (κ2) is 18.0. The molecule has 0 aliphatic heterocycles. The molecule has 0 saturated heterocycles. The molecule has 1 aromatic heterocycles. The summed E-state index contributed by atoms with van der Waals surface area (Å²) in [6, 6.07) is 6.34. The maximum atomic E-state index is 14.1. The molecule has 1 amide bonds. The fraction of sp³-hybridized carbons (Fsp3) is 0.615. The molecule has 2 bridgehead atoms. The highest BCUT2D eigenvalue weighted by atomic mass is 32.1. The Morgan fingerprint density at radius 2 is 1.67 bits per heavy atom. The van der Waals surface area contributed by atoms with Crippen molar-refractivity contribution in [2.75, 3.05) is 27.9 Å². The van der Waals surface area contributed by atoms with Crippen LogP contribution in [0.1, 0.15) is 117 Å². The lowest BCUT2D eigenvalue weighted by Gasteiger charge is -2.48. The number of ether oxygens (including phenoxy) is 3. The molecule has 1 heterocycles. The zero-order chi connectivity index (χ0) is 38.1. The number of aryl methyl sites for hydroxylation is 2. The van der Waals surface area contributed by atoms with E-state index in [0.717, 1.165) is 46.2 Å². The van der Waals surface area contributed by atoms with Gasteiger partial charge >= 0.3 is 6.18 Å². The number of nitrogens with one attached hydrogen (secondary N) is 1. The van der Waals surface area contributed by atoms with Crippen molar-refractivity contribution in [3.63, 3.8) is 0 Å². The van der Waals surface area contributed by atoms with Gasteiger partial charge in [-0.25, -0.2) is 9.37 Å². The zero-order valence-corrected chi connectivity index (χ0v) is 32.3. The predicted molar refractivity (Wildman–Crippen MR) is 195 cm³/mol. The van der Waals surface area contributed by atoms with E-state index in [-0.39, 0.29) is 42.8 Å². The number of nitrogens with zero attached hydrogens (tertiary/aromatic N) is 1. The van der Waals surface area contributed by atoms with Crippen LogP contribution in [0.4, 0.5) is 17.6 Å².